The standard InChI is InChI=1S/C15H18ClN3O2/c1-2-12(20)6-7-17-15(21)13-9-18-19-14(13)10-4-3-5-11(16)8-10/h3-5,8-9,12,20H,2,6-7H2,1H3,(H,17,21)(H,18,19). The summed E-state index contributed by atoms with van der Waals surface area (Å²) in [4.78, 5) is 12.2. The molecule has 6 heteroatoms. The van der Waals surface area contributed by atoms with Crippen molar-refractivity contribution in [2.24, 2.45) is 0 Å². The number of nitrogens with one attached hydrogen (secondary N) is 2. The van der Waals surface area contributed by atoms with Crippen LogP contribution in [0.2, 0.25) is 5.02 Å². The lowest BCUT2D eigenvalue weighted by atomic mass is 10.1. The van der Waals surface area contributed by atoms with E-state index in [2.05, 4.69) is 15.5 Å². The molecule has 0 aliphatic carbocycles. The Balaban J connectivity index is 2.08. The summed E-state index contributed by atoms with van der Waals surface area (Å²) in [6.45, 7) is 2.33. The number of carbonyl (C=O) groups is 1. The van der Waals surface area contributed by atoms with Crippen LogP contribution in [0.1, 0.15) is 30.1 Å². The van der Waals surface area contributed by atoms with Crippen molar-refractivity contribution in [1.82, 2.24) is 15.5 Å². The van der Waals surface area contributed by atoms with Crippen LogP contribution in [0.4, 0.5) is 0 Å². The molecule has 1 heterocycles. The van der Waals surface area contributed by atoms with E-state index in [1.807, 2.05) is 19.1 Å². The van der Waals surface area contributed by atoms with Gasteiger partial charge in [-0.1, -0.05) is 30.7 Å². The second-order valence-electron chi connectivity index (χ2n) is 4.78. The first-order valence-electron chi connectivity index (χ1n) is 6.87. The Labute approximate surface area is 128 Å². The fourth-order valence-corrected chi connectivity index (χ4v) is 2.16. The van der Waals surface area contributed by atoms with Gasteiger partial charge in [0.2, 0.25) is 0 Å². The fraction of sp³-hybridized carbons (Fsp3) is 0.333. The first kappa shape index (κ1) is 15.5. The highest BCUT2D eigenvalue weighted by atomic mass is 35.5. The maximum absolute atomic E-state index is 12.2. The number of carbonyl (C=O) groups excluding carboxylic acids is 1. The summed E-state index contributed by atoms with van der Waals surface area (Å²) in [7, 11) is 0. The third-order valence-corrected chi connectivity index (χ3v) is 3.47. The average molecular weight is 308 g/mol. The van der Waals surface area contributed by atoms with Crippen molar-refractivity contribution in [3.8, 4) is 11.3 Å². The molecule has 1 aromatic carbocycles. The van der Waals surface area contributed by atoms with Crippen molar-refractivity contribution in [1.29, 1.82) is 0 Å². The van der Waals surface area contributed by atoms with Crippen molar-refractivity contribution in [3.63, 3.8) is 0 Å². The van der Waals surface area contributed by atoms with Crippen LogP contribution in [-0.4, -0.2) is 33.9 Å². The van der Waals surface area contributed by atoms with Gasteiger partial charge in [0.05, 0.1) is 23.6 Å². The Hall–Kier alpha value is -1.85. The molecular formula is C15H18ClN3O2. The highest BCUT2D eigenvalue weighted by Crippen LogP contribution is 2.23. The minimum atomic E-state index is -0.387. The molecule has 1 unspecified atom stereocenters. The van der Waals surface area contributed by atoms with Gasteiger partial charge in [-0.15, -0.1) is 0 Å². The highest BCUT2D eigenvalue weighted by Gasteiger charge is 2.15. The predicted molar refractivity (Wildman–Crippen MR) is 82.3 cm³/mol. The fourth-order valence-electron chi connectivity index (χ4n) is 1.97. The third-order valence-electron chi connectivity index (χ3n) is 3.23. The number of nitrogens with zero attached hydrogens (tertiary/aromatic N) is 1. The Bertz CT molecular complexity index is 612. The first-order valence-corrected chi connectivity index (χ1v) is 7.25. The van der Waals surface area contributed by atoms with Crippen LogP contribution in [0.3, 0.4) is 0 Å². The lowest BCUT2D eigenvalue weighted by Crippen LogP contribution is -2.27. The average Bonchev–Trinajstić information content (AvgIpc) is 2.96. The van der Waals surface area contributed by atoms with Gasteiger partial charge in [-0.3, -0.25) is 9.89 Å². The summed E-state index contributed by atoms with van der Waals surface area (Å²) in [5.41, 5.74) is 1.90. The molecule has 0 radical (unpaired) electrons. The molecule has 1 amide bonds. The molecule has 2 rings (SSSR count). The smallest absolute Gasteiger partial charge is 0.255 e. The Morgan fingerprint density at radius 2 is 2.33 bits per heavy atom. The first-order chi connectivity index (χ1) is 10.1. The largest absolute Gasteiger partial charge is 0.393 e. The third kappa shape index (κ3) is 4.06. The van der Waals surface area contributed by atoms with Gasteiger partial charge in [-0.2, -0.15) is 5.10 Å². The summed E-state index contributed by atoms with van der Waals surface area (Å²) in [6, 6.07) is 7.22. The van der Waals surface area contributed by atoms with Crippen LogP contribution >= 0.6 is 11.6 Å². The topological polar surface area (TPSA) is 78.0 Å². The van der Waals surface area contributed by atoms with Crippen LogP contribution in [-0.2, 0) is 0 Å². The van der Waals surface area contributed by atoms with Gasteiger partial charge in [-0.25, -0.2) is 0 Å². The highest BCUT2D eigenvalue weighted by molar-refractivity contribution is 6.30. The van der Waals surface area contributed by atoms with Crippen LogP contribution in [0.25, 0.3) is 11.3 Å². The maximum Gasteiger partial charge on any atom is 0.255 e. The zero-order chi connectivity index (χ0) is 15.2. The van der Waals surface area contributed by atoms with Crippen LogP contribution in [0, 0.1) is 0 Å². The lowest BCUT2D eigenvalue weighted by molar-refractivity contribution is 0.0942. The summed E-state index contributed by atoms with van der Waals surface area (Å²) >= 11 is 5.97. The zero-order valence-electron chi connectivity index (χ0n) is 11.8. The van der Waals surface area contributed by atoms with Gasteiger partial charge in [0.1, 0.15) is 0 Å². The molecule has 1 atom stereocenters. The molecule has 0 bridgehead atoms. The minimum Gasteiger partial charge on any atom is -0.393 e. The summed E-state index contributed by atoms with van der Waals surface area (Å²) in [5, 5.41) is 19.6. The molecule has 112 valence electrons. The molecule has 2 aromatic rings. The van der Waals surface area contributed by atoms with E-state index in [-0.39, 0.29) is 12.0 Å². The van der Waals surface area contributed by atoms with E-state index in [9.17, 15) is 9.90 Å². The SMILES string of the molecule is CCC(O)CCNC(=O)c1cn[nH]c1-c1cccc(Cl)c1. The Kier molecular flexibility index (Phi) is 5.36. The van der Waals surface area contributed by atoms with Gasteiger partial charge in [0, 0.05) is 17.1 Å². The number of aliphatic hydroxyl groups excluding tert-OH is 1. The summed E-state index contributed by atoms with van der Waals surface area (Å²) in [6.07, 6.45) is 2.31. The number of hydrogen-bond acceptors (Lipinski definition) is 3. The second-order valence-corrected chi connectivity index (χ2v) is 5.21. The summed E-state index contributed by atoms with van der Waals surface area (Å²) in [5.74, 6) is -0.220. The van der Waals surface area contributed by atoms with Gasteiger partial charge >= 0.3 is 0 Å². The van der Waals surface area contributed by atoms with Crippen LogP contribution in [0.5, 0.6) is 0 Å². The number of aromatic amines is 1. The number of amides is 1. The molecule has 0 spiro atoms. The molecule has 1 aromatic heterocycles. The molecule has 0 saturated carbocycles. The molecule has 0 fully saturated rings. The number of aliphatic hydroxyl groups is 1. The molecule has 0 aliphatic rings. The minimum absolute atomic E-state index is 0.220. The van der Waals surface area contributed by atoms with E-state index >= 15 is 0 Å². The van der Waals surface area contributed by atoms with Crippen molar-refractivity contribution >= 4 is 17.5 Å². The van der Waals surface area contributed by atoms with Crippen LogP contribution in [0.15, 0.2) is 30.5 Å². The number of H-pyrrole nitrogens is 1. The van der Waals surface area contributed by atoms with E-state index in [1.165, 1.54) is 6.20 Å². The Morgan fingerprint density at radius 1 is 1.52 bits per heavy atom. The molecule has 3 N–H and O–H groups in total. The lowest BCUT2D eigenvalue weighted by Gasteiger charge is -2.09. The molecule has 0 aliphatic heterocycles. The number of benzene rings is 1. The monoisotopic (exact) mass is 307 g/mol. The van der Waals surface area contributed by atoms with E-state index in [0.717, 1.165) is 5.56 Å². The van der Waals surface area contributed by atoms with E-state index in [1.54, 1.807) is 12.1 Å². The number of aromatic nitrogens is 2. The number of halogens is 1. The summed E-state index contributed by atoms with van der Waals surface area (Å²) < 4.78 is 0. The van der Waals surface area contributed by atoms with Gasteiger partial charge in [0.25, 0.3) is 5.91 Å². The number of rotatable bonds is 6. The van der Waals surface area contributed by atoms with E-state index in [0.29, 0.717) is 35.7 Å². The molecule has 0 saturated heterocycles. The van der Waals surface area contributed by atoms with Crippen LogP contribution < -0.4 is 5.32 Å². The van der Waals surface area contributed by atoms with Crippen molar-refractivity contribution in [2.45, 2.75) is 25.9 Å². The molecular weight excluding hydrogens is 290 g/mol. The predicted octanol–water partition coefficient (Wildman–Crippen LogP) is 2.62. The zero-order valence-corrected chi connectivity index (χ0v) is 12.5. The van der Waals surface area contributed by atoms with Gasteiger partial charge in [-0.05, 0) is 25.0 Å². The number of hydrogen-bond donors (Lipinski definition) is 3. The van der Waals surface area contributed by atoms with E-state index in [4.69, 9.17) is 11.6 Å². The van der Waals surface area contributed by atoms with Gasteiger partial charge in [0.15, 0.2) is 0 Å². The molecule has 5 nitrogen and oxygen atoms in total. The quantitative estimate of drug-likeness (QED) is 0.767. The van der Waals surface area contributed by atoms with Crippen molar-refractivity contribution in [3.05, 3.63) is 41.0 Å². The molecule has 21 heavy (non-hydrogen) atoms. The van der Waals surface area contributed by atoms with E-state index < -0.39 is 0 Å². The Morgan fingerprint density at radius 3 is 3.05 bits per heavy atom. The normalized spacial score (nSPS) is 12.1. The van der Waals surface area contributed by atoms with Crippen molar-refractivity contribution in [2.75, 3.05) is 6.54 Å². The second kappa shape index (κ2) is 7.24. The van der Waals surface area contributed by atoms with Crippen molar-refractivity contribution < 1.29 is 9.90 Å². The maximum atomic E-state index is 12.2. The van der Waals surface area contributed by atoms with Gasteiger partial charge < -0.3 is 10.4 Å².